The molecular formula is C18H25NO5S. The number of aliphatic carboxylic acids is 1. The first-order chi connectivity index (χ1) is 12.0. The standard InChI is InChI=1S/C18H25NO5S/c1-4-5-6-7-16-19(15(11-25-16)18(21)22)17(20)12-8-13(23-2)10-14(9-12)24-3/h8-10,15-16H,4-7,11H2,1-3H3,(H,21,22)/t15-,16+/m0/s1. The first-order valence-corrected chi connectivity index (χ1v) is 9.46. The highest BCUT2D eigenvalue weighted by Gasteiger charge is 2.41. The van der Waals surface area contributed by atoms with Gasteiger partial charge in [-0.2, -0.15) is 0 Å². The van der Waals surface area contributed by atoms with Crippen molar-refractivity contribution in [1.29, 1.82) is 0 Å². The molecular weight excluding hydrogens is 342 g/mol. The zero-order chi connectivity index (χ0) is 18.4. The van der Waals surface area contributed by atoms with E-state index >= 15 is 0 Å². The van der Waals surface area contributed by atoms with Gasteiger partial charge in [-0.05, 0) is 18.6 Å². The Bertz CT molecular complexity index is 599. The molecule has 1 aromatic rings. The molecule has 0 saturated carbocycles. The van der Waals surface area contributed by atoms with E-state index in [0.29, 0.717) is 22.8 Å². The second-order valence-electron chi connectivity index (χ2n) is 5.95. The minimum Gasteiger partial charge on any atom is -0.497 e. The quantitative estimate of drug-likeness (QED) is 0.711. The van der Waals surface area contributed by atoms with Crippen molar-refractivity contribution in [1.82, 2.24) is 4.90 Å². The highest BCUT2D eigenvalue weighted by atomic mass is 32.2. The van der Waals surface area contributed by atoms with Gasteiger partial charge in [0.2, 0.25) is 0 Å². The lowest BCUT2D eigenvalue weighted by Crippen LogP contribution is -2.45. The van der Waals surface area contributed by atoms with Gasteiger partial charge in [0.15, 0.2) is 0 Å². The summed E-state index contributed by atoms with van der Waals surface area (Å²) >= 11 is 1.54. The van der Waals surface area contributed by atoms with Crippen molar-refractivity contribution >= 4 is 23.6 Å². The third kappa shape index (κ3) is 4.60. The van der Waals surface area contributed by atoms with Crippen LogP contribution >= 0.6 is 11.8 Å². The number of carbonyl (C=O) groups is 2. The number of carbonyl (C=O) groups excluding carboxylic acids is 1. The molecule has 0 bridgehead atoms. The van der Waals surface area contributed by atoms with Crippen molar-refractivity contribution < 1.29 is 24.2 Å². The van der Waals surface area contributed by atoms with E-state index in [1.54, 1.807) is 30.0 Å². The first-order valence-electron chi connectivity index (χ1n) is 8.42. The van der Waals surface area contributed by atoms with Crippen molar-refractivity contribution in [3.05, 3.63) is 23.8 Å². The van der Waals surface area contributed by atoms with E-state index in [1.807, 2.05) is 0 Å². The van der Waals surface area contributed by atoms with Crippen molar-refractivity contribution in [2.75, 3.05) is 20.0 Å². The molecule has 6 nitrogen and oxygen atoms in total. The van der Waals surface area contributed by atoms with E-state index in [4.69, 9.17) is 9.47 Å². The molecule has 0 aromatic heterocycles. The van der Waals surface area contributed by atoms with Gasteiger partial charge in [-0.15, -0.1) is 11.8 Å². The highest BCUT2D eigenvalue weighted by molar-refractivity contribution is 8.00. The zero-order valence-electron chi connectivity index (χ0n) is 14.9. The fourth-order valence-corrected chi connectivity index (χ4v) is 4.34. The average molecular weight is 367 g/mol. The molecule has 0 spiro atoms. The molecule has 0 unspecified atom stereocenters. The summed E-state index contributed by atoms with van der Waals surface area (Å²) in [5.74, 6) is 0.164. The largest absolute Gasteiger partial charge is 0.497 e. The van der Waals surface area contributed by atoms with Gasteiger partial charge in [-0.25, -0.2) is 4.79 Å². The Hall–Kier alpha value is -1.89. The van der Waals surface area contributed by atoms with Crippen LogP contribution in [-0.4, -0.2) is 53.3 Å². The van der Waals surface area contributed by atoms with Crippen molar-refractivity contribution in [2.24, 2.45) is 0 Å². The van der Waals surface area contributed by atoms with Crippen LogP contribution in [0.5, 0.6) is 11.5 Å². The summed E-state index contributed by atoms with van der Waals surface area (Å²) in [7, 11) is 3.03. The van der Waals surface area contributed by atoms with Crippen molar-refractivity contribution in [3.63, 3.8) is 0 Å². The number of methoxy groups -OCH3 is 2. The number of thioether (sulfide) groups is 1. The maximum absolute atomic E-state index is 13.1. The van der Waals surface area contributed by atoms with Crippen LogP contribution in [0.2, 0.25) is 0 Å². The van der Waals surface area contributed by atoms with Crippen LogP contribution in [0, 0.1) is 0 Å². The fourth-order valence-electron chi connectivity index (χ4n) is 2.90. The van der Waals surface area contributed by atoms with Crippen LogP contribution in [-0.2, 0) is 4.79 Å². The number of carboxylic acid groups (broad SMARTS) is 1. The van der Waals surface area contributed by atoms with Gasteiger partial charge in [0.1, 0.15) is 17.5 Å². The Kier molecular flexibility index (Phi) is 6.99. The van der Waals surface area contributed by atoms with Gasteiger partial charge >= 0.3 is 5.97 Å². The van der Waals surface area contributed by atoms with Crippen molar-refractivity contribution in [2.45, 2.75) is 44.0 Å². The van der Waals surface area contributed by atoms with Crippen LogP contribution in [0.1, 0.15) is 43.0 Å². The predicted octanol–water partition coefficient (Wildman–Crippen LogP) is 3.25. The molecule has 2 atom stereocenters. The molecule has 1 heterocycles. The second-order valence-corrected chi connectivity index (χ2v) is 7.16. The number of hydrogen-bond donors (Lipinski definition) is 1. The van der Waals surface area contributed by atoms with E-state index in [1.165, 1.54) is 19.1 Å². The van der Waals surface area contributed by atoms with E-state index < -0.39 is 12.0 Å². The van der Waals surface area contributed by atoms with Crippen LogP contribution < -0.4 is 9.47 Å². The summed E-state index contributed by atoms with van der Waals surface area (Å²) < 4.78 is 10.4. The molecule has 0 radical (unpaired) electrons. The number of hydrogen-bond acceptors (Lipinski definition) is 5. The summed E-state index contributed by atoms with van der Waals surface area (Å²) in [5.41, 5.74) is 0.380. The SMILES string of the molecule is CCCCC[C@H]1SC[C@@H](C(=O)O)N1C(=O)c1cc(OC)cc(OC)c1. The Labute approximate surface area is 152 Å². The van der Waals surface area contributed by atoms with Gasteiger partial charge in [0.05, 0.1) is 19.6 Å². The first kappa shape index (κ1) is 19.4. The minimum absolute atomic E-state index is 0.114. The number of amides is 1. The van der Waals surface area contributed by atoms with Crippen LogP contribution in [0.3, 0.4) is 0 Å². The third-order valence-electron chi connectivity index (χ3n) is 4.27. The van der Waals surface area contributed by atoms with Gasteiger partial charge in [-0.1, -0.05) is 26.2 Å². The molecule has 1 N–H and O–H groups in total. The number of benzene rings is 1. The van der Waals surface area contributed by atoms with E-state index in [-0.39, 0.29) is 11.3 Å². The minimum atomic E-state index is -0.964. The number of nitrogens with zero attached hydrogens (tertiary/aromatic N) is 1. The summed E-state index contributed by atoms with van der Waals surface area (Å²) in [6.07, 6.45) is 3.94. The summed E-state index contributed by atoms with van der Waals surface area (Å²) in [5, 5.41) is 9.40. The number of unbranched alkanes of at least 4 members (excludes halogenated alkanes) is 2. The molecule has 138 valence electrons. The molecule has 0 aliphatic carbocycles. The summed E-state index contributed by atoms with van der Waals surface area (Å²) in [4.78, 5) is 26.2. The molecule has 7 heteroatoms. The Morgan fingerprint density at radius 2 is 1.84 bits per heavy atom. The monoisotopic (exact) mass is 367 g/mol. The second kappa shape index (κ2) is 8.99. The molecule has 1 aromatic carbocycles. The molecule has 25 heavy (non-hydrogen) atoms. The normalized spacial score (nSPS) is 19.7. The van der Waals surface area contributed by atoms with Gasteiger partial charge in [0.25, 0.3) is 5.91 Å². The lowest BCUT2D eigenvalue weighted by molar-refractivity contribution is -0.141. The molecule has 1 amide bonds. The van der Waals surface area contributed by atoms with E-state index in [9.17, 15) is 14.7 Å². The van der Waals surface area contributed by atoms with Crippen LogP contribution in [0.15, 0.2) is 18.2 Å². The lowest BCUT2D eigenvalue weighted by Gasteiger charge is -2.27. The maximum atomic E-state index is 13.1. The van der Waals surface area contributed by atoms with Crippen molar-refractivity contribution in [3.8, 4) is 11.5 Å². The third-order valence-corrected chi connectivity index (χ3v) is 5.62. The topological polar surface area (TPSA) is 76.1 Å². The lowest BCUT2D eigenvalue weighted by atomic mass is 10.1. The Morgan fingerprint density at radius 3 is 2.36 bits per heavy atom. The number of ether oxygens (including phenoxy) is 2. The van der Waals surface area contributed by atoms with Gasteiger partial charge < -0.3 is 19.5 Å². The molecule has 1 fully saturated rings. The van der Waals surface area contributed by atoms with E-state index in [2.05, 4.69) is 6.92 Å². The number of carboxylic acids is 1. The molecule has 1 aliphatic rings. The van der Waals surface area contributed by atoms with Gasteiger partial charge in [-0.3, -0.25) is 4.79 Å². The predicted molar refractivity (Wildman–Crippen MR) is 97.5 cm³/mol. The summed E-state index contributed by atoms with van der Waals surface area (Å²) in [6, 6.07) is 4.12. The average Bonchev–Trinajstić information content (AvgIpc) is 3.04. The molecule has 1 aliphatic heterocycles. The molecule has 1 saturated heterocycles. The summed E-state index contributed by atoms with van der Waals surface area (Å²) in [6.45, 7) is 2.12. The van der Waals surface area contributed by atoms with E-state index in [0.717, 1.165) is 25.7 Å². The fraction of sp³-hybridized carbons (Fsp3) is 0.556. The Morgan fingerprint density at radius 1 is 1.20 bits per heavy atom. The smallest absolute Gasteiger partial charge is 0.327 e. The van der Waals surface area contributed by atoms with Crippen LogP contribution in [0.4, 0.5) is 0 Å². The van der Waals surface area contributed by atoms with Gasteiger partial charge in [0, 0.05) is 17.4 Å². The maximum Gasteiger partial charge on any atom is 0.327 e. The van der Waals surface area contributed by atoms with Crippen LogP contribution in [0.25, 0.3) is 0 Å². The zero-order valence-corrected chi connectivity index (χ0v) is 15.7. The Balaban J connectivity index is 2.29. The number of rotatable bonds is 8. The highest BCUT2D eigenvalue weighted by Crippen LogP contribution is 2.35. The molecule has 2 rings (SSSR count).